The number of amides is 2. The molecule has 1 unspecified atom stereocenters. The van der Waals surface area contributed by atoms with E-state index >= 15 is 0 Å². The molecule has 1 heterocycles. The molecule has 3 N–H and O–H groups in total. The Balaban J connectivity index is 0.00000289. The highest BCUT2D eigenvalue weighted by Gasteiger charge is 2.34. The normalized spacial score (nSPS) is 23.1. The van der Waals surface area contributed by atoms with Gasteiger partial charge < -0.3 is 16.0 Å². The maximum atomic E-state index is 12.0. The fraction of sp³-hybridized carbons (Fsp3) is 0.833. The highest BCUT2D eigenvalue weighted by atomic mass is 35.5. The third-order valence-electron chi connectivity index (χ3n) is 2.98. The molecule has 1 fully saturated rings. The van der Waals surface area contributed by atoms with Crippen molar-refractivity contribution in [3.05, 3.63) is 0 Å². The highest BCUT2D eigenvalue weighted by Crippen LogP contribution is 2.18. The Bertz CT molecular complexity index is 289. The molecule has 0 aromatic carbocycles. The minimum Gasteiger partial charge on any atom is -0.352 e. The minimum absolute atomic E-state index is 0. The highest BCUT2D eigenvalue weighted by molar-refractivity contribution is 5.90. The van der Waals surface area contributed by atoms with E-state index < -0.39 is 5.54 Å². The summed E-state index contributed by atoms with van der Waals surface area (Å²) in [6.45, 7) is 6.59. The monoisotopic (exact) mass is 277 g/mol. The first-order chi connectivity index (χ1) is 7.94. The van der Waals surface area contributed by atoms with Crippen LogP contribution < -0.4 is 16.0 Å². The van der Waals surface area contributed by atoms with E-state index in [4.69, 9.17) is 0 Å². The molecule has 0 aromatic heterocycles. The molecule has 2 amide bonds. The number of rotatable bonds is 4. The summed E-state index contributed by atoms with van der Waals surface area (Å²) in [6.07, 6.45) is 2.98. The van der Waals surface area contributed by atoms with E-state index in [2.05, 4.69) is 16.0 Å². The van der Waals surface area contributed by atoms with Crippen LogP contribution in [-0.4, -0.2) is 36.5 Å². The second-order valence-electron chi connectivity index (χ2n) is 5.12. The molecule has 106 valence electrons. The number of piperidine rings is 1. The number of carbonyl (C=O) groups excluding carboxylic acids is 2. The van der Waals surface area contributed by atoms with Crippen molar-refractivity contribution < 1.29 is 9.59 Å². The molecule has 0 saturated carbocycles. The van der Waals surface area contributed by atoms with Gasteiger partial charge in [-0.2, -0.15) is 0 Å². The SMILES string of the molecule is CC(C)NC(=O)CNC(=O)C1(C)CCCCN1.Cl. The van der Waals surface area contributed by atoms with E-state index in [0.717, 1.165) is 25.8 Å². The average Bonchev–Trinajstić information content (AvgIpc) is 2.26. The number of nitrogens with one attached hydrogen (secondary N) is 3. The van der Waals surface area contributed by atoms with E-state index in [-0.39, 0.29) is 36.8 Å². The maximum Gasteiger partial charge on any atom is 0.240 e. The molecule has 1 atom stereocenters. The Morgan fingerprint density at radius 1 is 1.33 bits per heavy atom. The first-order valence-corrected chi connectivity index (χ1v) is 6.27. The number of halogens is 1. The van der Waals surface area contributed by atoms with E-state index in [1.807, 2.05) is 20.8 Å². The van der Waals surface area contributed by atoms with Crippen molar-refractivity contribution in [1.29, 1.82) is 0 Å². The molecule has 1 aliphatic rings. The van der Waals surface area contributed by atoms with E-state index in [1.54, 1.807) is 0 Å². The van der Waals surface area contributed by atoms with Crippen LogP contribution in [0.1, 0.15) is 40.0 Å². The summed E-state index contributed by atoms with van der Waals surface area (Å²) in [6, 6.07) is 0.0998. The molecule has 1 rings (SSSR count). The van der Waals surface area contributed by atoms with Crippen LogP contribution in [0.25, 0.3) is 0 Å². The van der Waals surface area contributed by atoms with Gasteiger partial charge in [0.2, 0.25) is 11.8 Å². The average molecular weight is 278 g/mol. The summed E-state index contributed by atoms with van der Waals surface area (Å²) in [5.74, 6) is -0.233. The Morgan fingerprint density at radius 3 is 2.50 bits per heavy atom. The second kappa shape index (κ2) is 7.59. The van der Waals surface area contributed by atoms with Gasteiger partial charge >= 0.3 is 0 Å². The van der Waals surface area contributed by atoms with E-state index in [0.29, 0.717) is 0 Å². The van der Waals surface area contributed by atoms with E-state index in [1.165, 1.54) is 0 Å². The molecular weight excluding hydrogens is 254 g/mol. The Morgan fingerprint density at radius 2 is 2.00 bits per heavy atom. The Labute approximate surface area is 115 Å². The van der Waals surface area contributed by atoms with Crippen molar-refractivity contribution in [2.45, 2.75) is 51.6 Å². The number of hydrogen-bond donors (Lipinski definition) is 3. The van der Waals surface area contributed by atoms with Crippen molar-refractivity contribution in [3.8, 4) is 0 Å². The van der Waals surface area contributed by atoms with E-state index in [9.17, 15) is 9.59 Å². The van der Waals surface area contributed by atoms with Gasteiger partial charge in [0.25, 0.3) is 0 Å². The standard InChI is InChI=1S/C12H23N3O2.ClH/c1-9(2)15-10(16)8-13-11(17)12(3)6-4-5-7-14-12;/h9,14H,4-8H2,1-3H3,(H,13,17)(H,15,16);1H. The first kappa shape index (κ1) is 17.2. The topological polar surface area (TPSA) is 70.2 Å². The van der Waals surface area contributed by atoms with Crippen molar-refractivity contribution >= 4 is 24.2 Å². The fourth-order valence-corrected chi connectivity index (χ4v) is 1.98. The quantitative estimate of drug-likeness (QED) is 0.704. The van der Waals surface area contributed by atoms with Crippen LogP contribution in [0.5, 0.6) is 0 Å². The van der Waals surface area contributed by atoms with Crippen LogP contribution in [0.3, 0.4) is 0 Å². The van der Waals surface area contributed by atoms with Gasteiger partial charge in [-0.3, -0.25) is 9.59 Å². The summed E-state index contributed by atoms with van der Waals surface area (Å²) in [5, 5.41) is 8.64. The van der Waals surface area contributed by atoms with Gasteiger partial charge in [0.05, 0.1) is 12.1 Å². The summed E-state index contributed by atoms with van der Waals surface area (Å²) in [5.41, 5.74) is -0.517. The van der Waals surface area contributed by atoms with Gasteiger partial charge in [-0.1, -0.05) is 0 Å². The largest absolute Gasteiger partial charge is 0.352 e. The van der Waals surface area contributed by atoms with Gasteiger partial charge in [-0.25, -0.2) is 0 Å². The van der Waals surface area contributed by atoms with Crippen LogP contribution >= 0.6 is 12.4 Å². The summed E-state index contributed by atoms with van der Waals surface area (Å²) < 4.78 is 0. The van der Waals surface area contributed by atoms with Crippen molar-refractivity contribution in [3.63, 3.8) is 0 Å². The Hall–Kier alpha value is -0.810. The van der Waals surface area contributed by atoms with Crippen LogP contribution in [0, 0.1) is 0 Å². The maximum absolute atomic E-state index is 12.0. The van der Waals surface area contributed by atoms with Gasteiger partial charge in [0.15, 0.2) is 0 Å². The smallest absolute Gasteiger partial charge is 0.240 e. The zero-order valence-corrected chi connectivity index (χ0v) is 12.2. The predicted octanol–water partition coefficient (Wildman–Crippen LogP) is 0.581. The third kappa shape index (κ3) is 5.23. The van der Waals surface area contributed by atoms with Crippen molar-refractivity contribution in [2.24, 2.45) is 0 Å². The molecule has 5 nitrogen and oxygen atoms in total. The van der Waals surface area contributed by atoms with Gasteiger partial charge in [0.1, 0.15) is 0 Å². The van der Waals surface area contributed by atoms with Crippen LogP contribution in [0.4, 0.5) is 0 Å². The van der Waals surface area contributed by atoms with Crippen LogP contribution in [0.15, 0.2) is 0 Å². The number of carbonyl (C=O) groups is 2. The molecule has 6 heteroatoms. The molecule has 18 heavy (non-hydrogen) atoms. The summed E-state index contributed by atoms with van der Waals surface area (Å²) >= 11 is 0. The summed E-state index contributed by atoms with van der Waals surface area (Å²) in [4.78, 5) is 23.4. The summed E-state index contributed by atoms with van der Waals surface area (Å²) in [7, 11) is 0. The number of hydrogen-bond acceptors (Lipinski definition) is 3. The first-order valence-electron chi connectivity index (χ1n) is 6.27. The van der Waals surface area contributed by atoms with Crippen LogP contribution in [-0.2, 0) is 9.59 Å². The van der Waals surface area contributed by atoms with Gasteiger partial charge in [-0.15, -0.1) is 12.4 Å². The third-order valence-corrected chi connectivity index (χ3v) is 2.98. The molecule has 1 saturated heterocycles. The van der Waals surface area contributed by atoms with Gasteiger partial charge in [-0.05, 0) is 46.6 Å². The van der Waals surface area contributed by atoms with Crippen molar-refractivity contribution in [2.75, 3.05) is 13.1 Å². The van der Waals surface area contributed by atoms with Gasteiger partial charge in [0, 0.05) is 6.04 Å². The lowest BCUT2D eigenvalue weighted by molar-refractivity contribution is -0.130. The molecular formula is C12H24ClN3O2. The molecule has 0 aromatic rings. The lowest BCUT2D eigenvalue weighted by Crippen LogP contribution is -2.58. The lowest BCUT2D eigenvalue weighted by Gasteiger charge is -2.33. The van der Waals surface area contributed by atoms with Crippen molar-refractivity contribution in [1.82, 2.24) is 16.0 Å². The predicted molar refractivity (Wildman–Crippen MR) is 73.8 cm³/mol. The molecule has 0 bridgehead atoms. The second-order valence-corrected chi connectivity index (χ2v) is 5.12. The molecule has 1 aliphatic heterocycles. The van der Waals surface area contributed by atoms with Crippen LogP contribution in [0.2, 0.25) is 0 Å². The zero-order valence-electron chi connectivity index (χ0n) is 11.3. The molecule has 0 spiro atoms. The zero-order chi connectivity index (χ0) is 12.9. The Kier molecular flexibility index (Phi) is 7.25. The molecule has 0 radical (unpaired) electrons. The lowest BCUT2D eigenvalue weighted by atomic mass is 9.90. The molecule has 0 aliphatic carbocycles. The minimum atomic E-state index is -0.517. The fourth-order valence-electron chi connectivity index (χ4n) is 1.98.